The van der Waals surface area contributed by atoms with Crippen LogP contribution in [0.25, 0.3) is 6.08 Å². The average molecular weight is 351 g/mol. The SMILES string of the molecule is C=Cc1ccc(NCCN(CC)Cc2cccc(CC(N)C=O)c2)cc1. The topological polar surface area (TPSA) is 58.4 Å². The van der Waals surface area contributed by atoms with E-state index in [1.807, 2.05) is 18.2 Å². The van der Waals surface area contributed by atoms with Gasteiger partial charge in [0.1, 0.15) is 6.29 Å². The number of hydrogen-bond acceptors (Lipinski definition) is 4. The Kier molecular flexibility index (Phi) is 8.06. The highest BCUT2D eigenvalue weighted by Gasteiger charge is 2.06. The van der Waals surface area contributed by atoms with E-state index in [1.54, 1.807) is 0 Å². The Morgan fingerprint density at radius 1 is 1.19 bits per heavy atom. The molecule has 0 saturated heterocycles. The molecule has 1 atom stereocenters. The summed E-state index contributed by atoms with van der Waals surface area (Å²) in [6.07, 6.45) is 3.24. The predicted molar refractivity (Wildman–Crippen MR) is 110 cm³/mol. The number of benzene rings is 2. The molecule has 0 radical (unpaired) electrons. The number of nitrogens with one attached hydrogen (secondary N) is 1. The van der Waals surface area contributed by atoms with Crippen LogP contribution in [0, 0.1) is 0 Å². The summed E-state index contributed by atoms with van der Waals surface area (Å²) in [5.41, 5.74) is 10.3. The number of carbonyl (C=O) groups excluding carboxylic acids is 1. The lowest BCUT2D eigenvalue weighted by molar-refractivity contribution is -0.108. The molecule has 0 heterocycles. The van der Waals surface area contributed by atoms with Gasteiger partial charge in [0.15, 0.2) is 0 Å². The molecule has 0 spiro atoms. The zero-order valence-electron chi connectivity index (χ0n) is 15.5. The van der Waals surface area contributed by atoms with E-state index in [4.69, 9.17) is 5.73 Å². The van der Waals surface area contributed by atoms with Gasteiger partial charge in [0.2, 0.25) is 0 Å². The van der Waals surface area contributed by atoms with Crippen molar-refractivity contribution >= 4 is 18.0 Å². The van der Waals surface area contributed by atoms with Gasteiger partial charge in [-0.25, -0.2) is 0 Å². The molecule has 4 heteroatoms. The molecule has 0 amide bonds. The summed E-state index contributed by atoms with van der Waals surface area (Å²) in [6, 6.07) is 16.2. The minimum Gasteiger partial charge on any atom is -0.384 e. The van der Waals surface area contributed by atoms with E-state index < -0.39 is 6.04 Å². The van der Waals surface area contributed by atoms with E-state index in [-0.39, 0.29) is 0 Å². The van der Waals surface area contributed by atoms with Crippen molar-refractivity contribution in [2.45, 2.75) is 25.9 Å². The predicted octanol–water partition coefficient (Wildman–Crippen LogP) is 3.33. The van der Waals surface area contributed by atoms with Crippen LogP contribution in [0.15, 0.2) is 55.1 Å². The molecule has 3 N–H and O–H groups in total. The Bertz CT molecular complexity index is 697. The summed E-state index contributed by atoms with van der Waals surface area (Å²) >= 11 is 0. The number of aldehydes is 1. The van der Waals surface area contributed by atoms with Crippen LogP contribution in [0.4, 0.5) is 5.69 Å². The Hall–Kier alpha value is -2.43. The van der Waals surface area contributed by atoms with Crippen LogP contribution >= 0.6 is 0 Å². The van der Waals surface area contributed by atoms with Gasteiger partial charge in [-0.05, 0) is 41.8 Å². The number of anilines is 1. The zero-order chi connectivity index (χ0) is 18.8. The fourth-order valence-corrected chi connectivity index (χ4v) is 2.88. The van der Waals surface area contributed by atoms with Crippen LogP contribution in [0.5, 0.6) is 0 Å². The standard InChI is InChI=1S/C22H29N3O/c1-3-18-8-10-22(11-9-18)24-12-13-25(4-2)16-20-7-5-6-19(14-20)15-21(23)17-26/h3,5-11,14,17,21,24H,1,4,12-13,15-16,23H2,2H3. The molecule has 2 rings (SSSR count). The van der Waals surface area contributed by atoms with E-state index in [0.717, 1.165) is 49.3 Å². The third-order valence-corrected chi connectivity index (χ3v) is 4.39. The molecule has 0 bridgehead atoms. The van der Waals surface area contributed by atoms with E-state index >= 15 is 0 Å². The van der Waals surface area contributed by atoms with Crippen molar-refractivity contribution in [2.24, 2.45) is 5.73 Å². The Morgan fingerprint density at radius 3 is 2.58 bits per heavy atom. The Morgan fingerprint density at radius 2 is 1.92 bits per heavy atom. The Labute approximate surface area is 156 Å². The first-order valence-corrected chi connectivity index (χ1v) is 9.12. The van der Waals surface area contributed by atoms with E-state index in [9.17, 15) is 4.79 Å². The van der Waals surface area contributed by atoms with Crippen LogP contribution in [0.1, 0.15) is 23.6 Å². The van der Waals surface area contributed by atoms with E-state index in [1.165, 1.54) is 5.56 Å². The maximum Gasteiger partial charge on any atom is 0.137 e. The summed E-state index contributed by atoms with van der Waals surface area (Å²) in [7, 11) is 0. The molecule has 0 aromatic heterocycles. The lowest BCUT2D eigenvalue weighted by atomic mass is 10.0. The number of carbonyl (C=O) groups is 1. The second-order valence-corrected chi connectivity index (χ2v) is 6.45. The number of nitrogens with two attached hydrogens (primary N) is 1. The molecule has 4 nitrogen and oxygen atoms in total. The van der Waals surface area contributed by atoms with Crippen molar-refractivity contribution in [1.29, 1.82) is 0 Å². The molecular formula is C22H29N3O. The first-order valence-electron chi connectivity index (χ1n) is 9.12. The van der Waals surface area contributed by atoms with Crippen LogP contribution in [0.2, 0.25) is 0 Å². The number of nitrogens with zero attached hydrogens (tertiary/aromatic N) is 1. The molecular weight excluding hydrogens is 322 g/mol. The van der Waals surface area contributed by atoms with Crippen LogP contribution in [0.3, 0.4) is 0 Å². The lowest BCUT2D eigenvalue weighted by Gasteiger charge is -2.21. The molecule has 0 saturated carbocycles. The van der Waals surface area contributed by atoms with Crippen LogP contribution in [-0.2, 0) is 17.8 Å². The first kappa shape index (κ1) is 19.9. The van der Waals surface area contributed by atoms with Crippen LogP contribution < -0.4 is 11.1 Å². The number of rotatable bonds is 11. The third-order valence-electron chi connectivity index (χ3n) is 4.39. The van der Waals surface area contributed by atoms with Crippen molar-refractivity contribution in [3.8, 4) is 0 Å². The van der Waals surface area contributed by atoms with Gasteiger partial charge in [0.05, 0.1) is 6.04 Å². The molecule has 26 heavy (non-hydrogen) atoms. The lowest BCUT2D eigenvalue weighted by Crippen LogP contribution is -2.28. The molecule has 138 valence electrons. The molecule has 0 fully saturated rings. The van der Waals surface area contributed by atoms with Gasteiger partial charge < -0.3 is 15.8 Å². The highest BCUT2D eigenvalue weighted by Crippen LogP contribution is 2.12. The Balaban J connectivity index is 1.85. The zero-order valence-corrected chi connectivity index (χ0v) is 15.5. The average Bonchev–Trinajstić information content (AvgIpc) is 2.68. The summed E-state index contributed by atoms with van der Waals surface area (Å²) in [5.74, 6) is 0. The fraction of sp³-hybridized carbons (Fsp3) is 0.318. The molecule has 2 aromatic rings. The molecule has 0 aliphatic carbocycles. The quantitative estimate of drug-likeness (QED) is 0.610. The second-order valence-electron chi connectivity index (χ2n) is 6.45. The van der Waals surface area contributed by atoms with Crippen molar-refractivity contribution in [2.75, 3.05) is 25.0 Å². The second kappa shape index (κ2) is 10.5. The maximum atomic E-state index is 10.7. The van der Waals surface area contributed by atoms with Crippen LogP contribution in [-0.4, -0.2) is 36.9 Å². The van der Waals surface area contributed by atoms with E-state index in [2.05, 4.69) is 60.1 Å². The minimum atomic E-state index is -0.427. The van der Waals surface area contributed by atoms with E-state index in [0.29, 0.717) is 6.42 Å². The van der Waals surface area contributed by atoms with Gasteiger partial charge in [0, 0.05) is 25.3 Å². The van der Waals surface area contributed by atoms with Gasteiger partial charge in [0.25, 0.3) is 0 Å². The molecule has 0 aliphatic heterocycles. The molecule has 1 unspecified atom stereocenters. The highest BCUT2D eigenvalue weighted by atomic mass is 16.1. The number of likely N-dealkylation sites (N-methyl/N-ethyl adjacent to an activating group) is 1. The maximum absolute atomic E-state index is 10.7. The van der Waals surface area contributed by atoms with Gasteiger partial charge in [-0.3, -0.25) is 4.90 Å². The van der Waals surface area contributed by atoms with Gasteiger partial charge in [-0.1, -0.05) is 56.0 Å². The van der Waals surface area contributed by atoms with Gasteiger partial charge in [-0.2, -0.15) is 0 Å². The molecule has 0 aliphatic rings. The first-order chi connectivity index (χ1) is 12.6. The normalized spacial score (nSPS) is 12.0. The third kappa shape index (κ3) is 6.47. The molecule has 2 aromatic carbocycles. The fourth-order valence-electron chi connectivity index (χ4n) is 2.88. The van der Waals surface area contributed by atoms with Crippen molar-refractivity contribution in [1.82, 2.24) is 4.90 Å². The highest BCUT2D eigenvalue weighted by molar-refractivity contribution is 5.57. The number of hydrogen-bond donors (Lipinski definition) is 2. The van der Waals surface area contributed by atoms with Gasteiger partial charge in [-0.15, -0.1) is 0 Å². The smallest absolute Gasteiger partial charge is 0.137 e. The summed E-state index contributed by atoms with van der Waals surface area (Å²) < 4.78 is 0. The summed E-state index contributed by atoms with van der Waals surface area (Å²) in [5, 5.41) is 3.46. The largest absolute Gasteiger partial charge is 0.384 e. The minimum absolute atomic E-state index is 0.427. The van der Waals surface area contributed by atoms with Crippen molar-refractivity contribution in [3.05, 3.63) is 71.8 Å². The van der Waals surface area contributed by atoms with Gasteiger partial charge >= 0.3 is 0 Å². The summed E-state index contributed by atoms with van der Waals surface area (Å²) in [4.78, 5) is 13.1. The monoisotopic (exact) mass is 351 g/mol. The van der Waals surface area contributed by atoms with Crippen molar-refractivity contribution in [3.63, 3.8) is 0 Å². The van der Waals surface area contributed by atoms with Crippen molar-refractivity contribution < 1.29 is 4.79 Å². The summed E-state index contributed by atoms with van der Waals surface area (Å²) in [6.45, 7) is 9.65.